The van der Waals surface area contributed by atoms with Crippen molar-refractivity contribution in [3.05, 3.63) is 113 Å². The Morgan fingerprint density at radius 2 is 1.82 bits per heavy atom. The molecule has 0 saturated carbocycles. The van der Waals surface area contributed by atoms with Crippen LogP contribution in [0.5, 0.6) is 0 Å². The van der Waals surface area contributed by atoms with Crippen LogP contribution in [0.15, 0.2) is 89.5 Å². The summed E-state index contributed by atoms with van der Waals surface area (Å²) in [7, 11) is 0. The maximum atomic E-state index is 13.1. The number of carboxylic acid groups (broad SMARTS) is 1. The highest BCUT2D eigenvalue weighted by Crippen LogP contribution is 2.39. The fraction of sp³-hybridized carbons (Fsp3) is 0.100. The molecule has 8 heteroatoms. The number of anilines is 3. The summed E-state index contributed by atoms with van der Waals surface area (Å²) in [5.74, 6) is -0.765. The normalized spacial score (nSPS) is 15.1. The number of carbonyl (C=O) groups excluding carboxylic acids is 2. The van der Waals surface area contributed by atoms with Crippen molar-refractivity contribution in [3.63, 3.8) is 0 Å². The van der Waals surface area contributed by atoms with Crippen molar-refractivity contribution >= 4 is 46.1 Å². The van der Waals surface area contributed by atoms with Crippen molar-refractivity contribution in [2.45, 2.75) is 12.8 Å². The highest BCUT2D eigenvalue weighted by atomic mass is 16.4. The zero-order chi connectivity index (χ0) is 26.2. The van der Waals surface area contributed by atoms with E-state index in [1.807, 2.05) is 48.5 Å². The number of hydrogen-bond donors (Lipinski definition) is 3. The lowest BCUT2D eigenvalue weighted by Gasteiger charge is -2.18. The summed E-state index contributed by atoms with van der Waals surface area (Å²) in [4.78, 5) is 39.2. The van der Waals surface area contributed by atoms with Gasteiger partial charge in [-0.25, -0.2) is 4.79 Å². The molecule has 0 atom stereocenters. The van der Waals surface area contributed by atoms with Crippen molar-refractivity contribution in [2.75, 3.05) is 22.1 Å². The molecule has 6 rings (SSSR count). The van der Waals surface area contributed by atoms with Crippen LogP contribution in [-0.4, -0.2) is 29.4 Å². The maximum absolute atomic E-state index is 13.1. The number of hydrogen-bond acceptors (Lipinski definition) is 5. The van der Waals surface area contributed by atoms with Crippen LogP contribution in [-0.2, 0) is 22.4 Å². The maximum Gasteiger partial charge on any atom is 0.335 e. The molecule has 3 N–H and O–H groups in total. The molecular formula is C30H23N3O5. The van der Waals surface area contributed by atoms with E-state index in [2.05, 4.69) is 10.6 Å². The molecule has 0 spiro atoms. The number of nitrogens with one attached hydrogen (secondary N) is 2. The molecule has 8 nitrogen and oxygen atoms in total. The molecule has 0 radical (unpaired) electrons. The molecule has 4 aromatic rings. The van der Waals surface area contributed by atoms with E-state index < -0.39 is 5.97 Å². The minimum Gasteiger partial charge on any atom is -0.478 e. The van der Waals surface area contributed by atoms with Gasteiger partial charge in [0.15, 0.2) is 0 Å². The van der Waals surface area contributed by atoms with Gasteiger partial charge in [0, 0.05) is 23.5 Å². The van der Waals surface area contributed by atoms with Crippen LogP contribution in [0.25, 0.3) is 11.3 Å². The van der Waals surface area contributed by atoms with Crippen LogP contribution in [0, 0.1) is 0 Å². The average Bonchev–Trinajstić information content (AvgIpc) is 3.65. The number of benzene rings is 3. The third-order valence-electron chi connectivity index (χ3n) is 6.77. The molecule has 3 aromatic carbocycles. The van der Waals surface area contributed by atoms with E-state index in [0.717, 1.165) is 22.5 Å². The Hall–Kier alpha value is -5.11. The average molecular weight is 506 g/mol. The molecule has 0 aliphatic carbocycles. The largest absolute Gasteiger partial charge is 0.478 e. The first kappa shape index (κ1) is 23.3. The molecule has 0 bridgehead atoms. The second-order valence-corrected chi connectivity index (χ2v) is 9.16. The molecule has 2 amide bonds. The Bertz CT molecular complexity index is 1610. The number of aromatic carboxylic acids is 1. The van der Waals surface area contributed by atoms with Crippen LogP contribution < -0.4 is 15.5 Å². The second kappa shape index (κ2) is 9.40. The van der Waals surface area contributed by atoms with E-state index in [9.17, 15) is 19.5 Å². The van der Waals surface area contributed by atoms with Crippen LogP contribution >= 0.6 is 0 Å². The van der Waals surface area contributed by atoms with Gasteiger partial charge in [-0.2, -0.15) is 0 Å². The smallest absolute Gasteiger partial charge is 0.335 e. The van der Waals surface area contributed by atoms with E-state index in [0.29, 0.717) is 41.2 Å². The van der Waals surface area contributed by atoms with E-state index in [1.165, 1.54) is 12.1 Å². The summed E-state index contributed by atoms with van der Waals surface area (Å²) < 4.78 is 5.33. The first-order valence-electron chi connectivity index (χ1n) is 12.2. The molecule has 1 aromatic heterocycles. The van der Waals surface area contributed by atoms with Gasteiger partial charge in [0.25, 0.3) is 5.91 Å². The number of fused-ring (bicyclic) bond motifs is 2. The SMILES string of the molecule is O=C1Nc2cc(C(=O)O)ccc2/C1=C(/Nc1ccc2c(c1)CCN2C(=O)Cc1ccco1)c1ccccc1. The standard InChI is InChI=1S/C30H23N3O5/c34-26(17-22-7-4-14-38-22)33-13-12-19-15-21(9-11-25(19)33)31-28(18-5-2-1-3-6-18)27-23-10-8-20(30(36)37)16-24(23)32-29(27)35/h1-11,14-16,31H,12-13,17H2,(H,32,35)(H,36,37)/b28-27-. The van der Waals surface area contributed by atoms with Gasteiger partial charge in [0.1, 0.15) is 5.76 Å². The Balaban J connectivity index is 1.35. The summed E-state index contributed by atoms with van der Waals surface area (Å²) in [5.41, 5.74) is 5.70. The Labute approximate surface area is 218 Å². The monoisotopic (exact) mass is 505 g/mol. The van der Waals surface area contributed by atoms with Crippen LogP contribution in [0.4, 0.5) is 17.1 Å². The fourth-order valence-electron chi connectivity index (χ4n) is 4.98. The van der Waals surface area contributed by atoms with Gasteiger partial charge in [0.05, 0.1) is 35.2 Å². The van der Waals surface area contributed by atoms with Gasteiger partial charge in [-0.3, -0.25) is 9.59 Å². The summed E-state index contributed by atoms with van der Waals surface area (Å²) in [5, 5.41) is 15.6. The quantitative estimate of drug-likeness (QED) is 0.317. The highest BCUT2D eigenvalue weighted by molar-refractivity contribution is 6.37. The topological polar surface area (TPSA) is 112 Å². The Kier molecular flexibility index (Phi) is 5.76. The van der Waals surface area contributed by atoms with E-state index in [-0.39, 0.29) is 23.8 Å². The van der Waals surface area contributed by atoms with Gasteiger partial charge in [-0.05, 0) is 60.0 Å². The molecule has 3 heterocycles. The molecular weight excluding hydrogens is 482 g/mol. The van der Waals surface area contributed by atoms with Gasteiger partial charge in [-0.15, -0.1) is 0 Å². The zero-order valence-electron chi connectivity index (χ0n) is 20.2. The van der Waals surface area contributed by atoms with Crippen LogP contribution in [0.2, 0.25) is 0 Å². The third-order valence-corrected chi connectivity index (χ3v) is 6.77. The predicted octanol–water partition coefficient (Wildman–Crippen LogP) is 5.04. The van der Waals surface area contributed by atoms with Crippen molar-refractivity contribution < 1.29 is 23.9 Å². The number of amides is 2. The first-order valence-corrected chi connectivity index (χ1v) is 12.2. The second-order valence-electron chi connectivity index (χ2n) is 9.16. The van der Waals surface area contributed by atoms with Crippen molar-refractivity contribution in [2.24, 2.45) is 0 Å². The molecule has 188 valence electrons. The Morgan fingerprint density at radius 3 is 2.58 bits per heavy atom. The fourth-order valence-corrected chi connectivity index (χ4v) is 4.98. The van der Waals surface area contributed by atoms with Gasteiger partial charge >= 0.3 is 5.97 Å². The minimum atomic E-state index is -1.06. The Morgan fingerprint density at radius 1 is 0.974 bits per heavy atom. The molecule has 0 unspecified atom stereocenters. The number of carbonyl (C=O) groups is 3. The van der Waals surface area contributed by atoms with Gasteiger partial charge in [0.2, 0.25) is 5.91 Å². The van der Waals surface area contributed by atoms with Gasteiger partial charge in [-0.1, -0.05) is 36.4 Å². The lowest BCUT2D eigenvalue weighted by molar-refractivity contribution is -0.118. The van der Waals surface area contributed by atoms with Crippen molar-refractivity contribution in [3.8, 4) is 0 Å². The summed E-state index contributed by atoms with van der Waals surface area (Å²) in [6, 6.07) is 23.5. The van der Waals surface area contributed by atoms with E-state index in [4.69, 9.17) is 4.42 Å². The lowest BCUT2D eigenvalue weighted by atomic mass is 9.99. The van der Waals surface area contributed by atoms with Crippen LogP contribution in [0.1, 0.15) is 32.8 Å². The van der Waals surface area contributed by atoms with Crippen molar-refractivity contribution in [1.82, 2.24) is 0 Å². The highest BCUT2D eigenvalue weighted by Gasteiger charge is 2.30. The number of nitrogens with zero attached hydrogens (tertiary/aromatic N) is 1. The number of rotatable bonds is 6. The molecule has 38 heavy (non-hydrogen) atoms. The minimum absolute atomic E-state index is 0.0218. The summed E-state index contributed by atoms with van der Waals surface area (Å²) in [6.45, 7) is 0.590. The lowest BCUT2D eigenvalue weighted by Crippen LogP contribution is -2.30. The zero-order valence-corrected chi connectivity index (χ0v) is 20.2. The molecule has 0 saturated heterocycles. The number of furan rings is 1. The third kappa shape index (κ3) is 4.22. The molecule has 2 aliphatic heterocycles. The van der Waals surface area contributed by atoms with E-state index in [1.54, 1.807) is 29.4 Å². The molecule has 0 fully saturated rings. The number of carboxylic acids is 1. The van der Waals surface area contributed by atoms with Crippen LogP contribution in [0.3, 0.4) is 0 Å². The summed E-state index contributed by atoms with van der Waals surface area (Å²) >= 11 is 0. The first-order chi connectivity index (χ1) is 18.5. The molecule has 2 aliphatic rings. The van der Waals surface area contributed by atoms with Gasteiger partial charge < -0.3 is 25.1 Å². The van der Waals surface area contributed by atoms with E-state index >= 15 is 0 Å². The predicted molar refractivity (Wildman–Crippen MR) is 144 cm³/mol. The summed E-state index contributed by atoms with van der Waals surface area (Å²) in [6.07, 6.45) is 2.48. The van der Waals surface area contributed by atoms with Crippen molar-refractivity contribution in [1.29, 1.82) is 0 Å².